The van der Waals surface area contributed by atoms with Gasteiger partial charge in [0, 0.05) is 23.7 Å². The van der Waals surface area contributed by atoms with Crippen LogP contribution in [0, 0.1) is 6.92 Å². The van der Waals surface area contributed by atoms with Gasteiger partial charge in [-0.15, -0.1) is 12.4 Å². The molecule has 2 N–H and O–H groups in total. The molecule has 2 saturated heterocycles. The second kappa shape index (κ2) is 5.93. The SMILES string of the molecule is Cc1ccccc1C(=O)NC1CC2CCC(C1)N2.Cl. The summed E-state index contributed by atoms with van der Waals surface area (Å²) in [6.45, 7) is 1.99. The number of piperidine rings is 1. The van der Waals surface area contributed by atoms with Crippen LogP contribution in [0.15, 0.2) is 24.3 Å². The van der Waals surface area contributed by atoms with Crippen LogP contribution in [0.5, 0.6) is 0 Å². The minimum Gasteiger partial charge on any atom is -0.349 e. The van der Waals surface area contributed by atoms with Gasteiger partial charge in [0.25, 0.3) is 5.91 Å². The summed E-state index contributed by atoms with van der Waals surface area (Å²) in [6.07, 6.45) is 4.69. The van der Waals surface area contributed by atoms with Crippen LogP contribution in [0.1, 0.15) is 41.6 Å². The van der Waals surface area contributed by atoms with Gasteiger partial charge in [0.1, 0.15) is 0 Å². The van der Waals surface area contributed by atoms with Gasteiger partial charge in [-0.1, -0.05) is 18.2 Å². The van der Waals surface area contributed by atoms with Crippen molar-refractivity contribution in [3.8, 4) is 0 Å². The molecule has 1 aromatic carbocycles. The van der Waals surface area contributed by atoms with Crippen LogP contribution in [0.3, 0.4) is 0 Å². The Bertz CT molecular complexity index is 451. The standard InChI is InChI=1S/C15H20N2O.ClH/c1-10-4-2-3-5-14(10)15(18)17-13-8-11-6-7-12(9-13)16-11;/h2-5,11-13,16H,6-9H2,1H3,(H,17,18);1H. The van der Waals surface area contributed by atoms with E-state index in [9.17, 15) is 4.79 Å². The maximum Gasteiger partial charge on any atom is 0.251 e. The summed E-state index contributed by atoms with van der Waals surface area (Å²) in [6, 6.07) is 9.36. The number of halogens is 1. The van der Waals surface area contributed by atoms with Crippen molar-refractivity contribution in [1.29, 1.82) is 0 Å². The monoisotopic (exact) mass is 280 g/mol. The molecule has 2 heterocycles. The van der Waals surface area contributed by atoms with Crippen LogP contribution < -0.4 is 10.6 Å². The number of rotatable bonds is 2. The molecule has 2 aliphatic rings. The third kappa shape index (κ3) is 3.10. The zero-order valence-electron chi connectivity index (χ0n) is 11.2. The lowest BCUT2D eigenvalue weighted by Crippen LogP contribution is -2.48. The van der Waals surface area contributed by atoms with E-state index < -0.39 is 0 Å². The van der Waals surface area contributed by atoms with Crippen LogP contribution >= 0.6 is 12.4 Å². The van der Waals surface area contributed by atoms with E-state index in [1.807, 2.05) is 31.2 Å². The first-order valence-corrected chi connectivity index (χ1v) is 6.85. The first-order chi connectivity index (χ1) is 8.72. The molecule has 3 rings (SSSR count). The Morgan fingerprint density at radius 1 is 1.21 bits per heavy atom. The van der Waals surface area contributed by atoms with Crippen LogP contribution in [-0.4, -0.2) is 24.0 Å². The van der Waals surface area contributed by atoms with E-state index in [-0.39, 0.29) is 18.3 Å². The van der Waals surface area contributed by atoms with Crippen molar-refractivity contribution >= 4 is 18.3 Å². The minimum atomic E-state index is 0. The van der Waals surface area contributed by atoms with Crippen molar-refractivity contribution in [2.75, 3.05) is 0 Å². The molecule has 104 valence electrons. The summed E-state index contributed by atoms with van der Waals surface area (Å²) >= 11 is 0. The highest BCUT2D eigenvalue weighted by Gasteiger charge is 2.34. The number of fused-ring (bicyclic) bond motifs is 2. The molecule has 2 bridgehead atoms. The van der Waals surface area contributed by atoms with Crippen LogP contribution in [0.25, 0.3) is 0 Å². The topological polar surface area (TPSA) is 41.1 Å². The highest BCUT2D eigenvalue weighted by Crippen LogP contribution is 2.27. The fourth-order valence-corrected chi connectivity index (χ4v) is 3.27. The van der Waals surface area contributed by atoms with Crippen molar-refractivity contribution < 1.29 is 4.79 Å². The van der Waals surface area contributed by atoms with Crippen molar-refractivity contribution in [1.82, 2.24) is 10.6 Å². The Kier molecular flexibility index (Phi) is 4.48. The van der Waals surface area contributed by atoms with Gasteiger partial charge in [0.2, 0.25) is 0 Å². The number of hydrogen-bond donors (Lipinski definition) is 2. The summed E-state index contributed by atoms with van der Waals surface area (Å²) in [5.41, 5.74) is 1.86. The molecule has 1 amide bonds. The molecule has 0 saturated carbocycles. The van der Waals surface area contributed by atoms with E-state index in [1.54, 1.807) is 0 Å². The summed E-state index contributed by atoms with van der Waals surface area (Å²) in [7, 11) is 0. The number of amides is 1. The summed E-state index contributed by atoms with van der Waals surface area (Å²) in [5, 5.41) is 6.79. The zero-order chi connectivity index (χ0) is 12.5. The van der Waals surface area contributed by atoms with E-state index >= 15 is 0 Å². The zero-order valence-corrected chi connectivity index (χ0v) is 12.0. The third-order valence-corrected chi connectivity index (χ3v) is 4.20. The Hall–Kier alpha value is -1.06. The Morgan fingerprint density at radius 2 is 1.84 bits per heavy atom. The molecule has 2 unspecified atom stereocenters. The Labute approximate surface area is 120 Å². The highest BCUT2D eigenvalue weighted by atomic mass is 35.5. The van der Waals surface area contributed by atoms with Gasteiger partial charge in [-0.25, -0.2) is 0 Å². The molecule has 0 aliphatic carbocycles. The van der Waals surface area contributed by atoms with Gasteiger partial charge >= 0.3 is 0 Å². The minimum absolute atomic E-state index is 0. The lowest BCUT2D eigenvalue weighted by Gasteiger charge is -2.29. The van der Waals surface area contributed by atoms with Crippen molar-refractivity contribution in [3.63, 3.8) is 0 Å². The predicted molar refractivity (Wildman–Crippen MR) is 78.9 cm³/mol. The largest absolute Gasteiger partial charge is 0.349 e. The van der Waals surface area contributed by atoms with Gasteiger partial charge in [-0.05, 0) is 44.2 Å². The Morgan fingerprint density at radius 3 is 2.47 bits per heavy atom. The first-order valence-electron chi connectivity index (χ1n) is 6.85. The fraction of sp³-hybridized carbons (Fsp3) is 0.533. The number of hydrogen-bond acceptors (Lipinski definition) is 2. The van der Waals surface area contributed by atoms with Crippen molar-refractivity contribution in [2.45, 2.75) is 50.7 Å². The molecule has 19 heavy (non-hydrogen) atoms. The first kappa shape index (κ1) is 14.4. The maximum atomic E-state index is 12.2. The smallest absolute Gasteiger partial charge is 0.251 e. The molecule has 3 nitrogen and oxygen atoms in total. The lowest BCUT2D eigenvalue weighted by molar-refractivity contribution is 0.0923. The summed E-state index contributed by atoms with van der Waals surface area (Å²) in [4.78, 5) is 12.2. The number of benzene rings is 1. The third-order valence-electron chi connectivity index (χ3n) is 4.20. The molecule has 4 heteroatoms. The fourth-order valence-electron chi connectivity index (χ4n) is 3.27. The molecular weight excluding hydrogens is 260 g/mol. The van der Waals surface area contributed by atoms with Crippen LogP contribution in [-0.2, 0) is 0 Å². The molecular formula is C15H21ClN2O. The summed E-state index contributed by atoms with van der Waals surface area (Å²) < 4.78 is 0. The average Bonchev–Trinajstić information content (AvgIpc) is 2.69. The van der Waals surface area contributed by atoms with E-state index in [4.69, 9.17) is 0 Å². The second-order valence-electron chi connectivity index (χ2n) is 5.59. The normalized spacial score (nSPS) is 28.6. The maximum absolute atomic E-state index is 12.2. The van der Waals surface area contributed by atoms with E-state index in [1.165, 1.54) is 12.8 Å². The van der Waals surface area contributed by atoms with Crippen molar-refractivity contribution in [2.24, 2.45) is 0 Å². The predicted octanol–water partition coefficient (Wildman–Crippen LogP) is 2.43. The molecule has 0 radical (unpaired) electrons. The van der Waals surface area contributed by atoms with Gasteiger partial charge < -0.3 is 10.6 Å². The average molecular weight is 281 g/mol. The van der Waals surface area contributed by atoms with E-state index in [2.05, 4.69) is 10.6 Å². The van der Waals surface area contributed by atoms with E-state index in [0.717, 1.165) is 24.0 Å². The second-order valence-corrected chi connectivity index (χ2v) is 5.59. The lowest BCUT2D eigenvalue weighted by atomic mass is 9.99. The van der Waals surface area contributed by atoms with Crippen LogP contribution in [0.4, 0.5) is 0 Å². The molecule has 0 spiro atoms. The van der Waals surface area contributed by atoms with Gasteiger partial charge in [0.05, 0.1) is 0 Å². The number of carbonyl (C=O) groups is 1. The van der Waals surface area contributed by atoms with Crippen molar-refractivity contribution in [3.05, 3.63) is 35.4 Å². The van der Waals surface area contributed by atoms with Gasteiger partial charge in [-0.2, -0.15) is 0 Å². The Balaban J connectivity index is 0.00000133. The van der Waals surface area contributed by atoms with Gasteiger partial charge in [0.15, 0.2) is 0 Å². The molecule has 2 atom stereocenters. The number of carbonyl (C=O) groups excluding carboxylic acids is 1. The molecule has 2 fully saturated rings. The number of nitrogens with one attached hydrogen (secondary N) is 2. The molecule has 1 aromatic rings. The highest BCUT2D eigenvalue weighted by molar-refractivity contribution is 5.95. The quantitative estimate of drug-likeness (QED) is 0.874. The summed E-state index contributed by atoms with van der Waals surface area (Å²) in [5.74, 6) is 0.0828. The molecule has 2 aliphatic heterocycles. The van der Waals surface area contributed by atoms with E-state index in [0.29, 0.717) is 18.1 Å². The molecule has 0 aromatic heterocycles. The van der Waals surface area contributed by atoms with Gasteiger partial charge in [-0.3, -0.25) is 4.79 Å². The number of aryl methyl sites for hydroxylation is 1. The van der Waals surface area contributed by atoms with Crippen LogP contribution in [0.2, 0.25) is 0 Å².